The van der Waals surface area contributed by atoms with E-state index < -0.39 is 5.97 Å². The van der Waals surface area contributed by atoms with Crippen molar-refractivity contribution in [2.75, 3.05) is 40.1 Å². The molecular weight excluding hydrogens is 340 g/mol. The lowest BCUT2D eigenvalue weighted by Gasteiger charge is -2.24. The number of rotatable bonds is 9. The Morgan fingerprint density at radius 3 is 1.15 bits per heavy atom. The molecule has 0 aliphatic rings. The summed E-state index contributed by atoms with van der Waals surface area (Å²) in [6.07, 6.45) is 5.09. The molecule has 1 unspecified atom stereocenters. The maximum absolute atomic E-state index is 9.41. The van der Waals surface area contributed by atoms with Crippen molar-refractivity contribution in [1.82, 2.24) is 0 Å². The van der Waals surface area contributed by atoms with Crippen LogP contribution in [-0.2, 0) is 9.47 Å². The summed E-state index contributed by atoms with van der Waals surface area (Å²) < 4.78 is 9.87. The number of hydrogen-bond donors (Lipinski definition) is 5. The van der Waals surface area contributed by atoms with Gasteiger partial charge in [0.25, 0.3) is 5.97 Å². The maximum Gasteiger partial charge on any atom is 0.279 e. The van der Waals surface area contributed by atoms with Crippen molar-refractivity contribution in [2.24, 2.45) is 0 Å². The highest BCUT2D eigenvalue weighted by Gasteiger charge is 2.23. The number of aliphatic hydroxyl groups excluding tert-OH is 4. The van der Waals surface area contributed by atoms with E-state index in [1.54, 1.807) is 6.92 Å². The van der Waals surface area contributed by atoms with Gasteiger partial charge in [-0.1, -0.05) is 41.0 Å². The minimum absolute atomic E-state index is 0.250. The molecule has 0 spiro atoms. The molecular formula is C19H48O7. The van der Waals surface area contributed by atoms with Crippen LogP contribution in [0.4, 0.5) is 0 Å². The van der Waals surface area contributed by atoms with Crippen LogP contribution in [0.25, 0.3) is 0 Å². The molecule has 0 aliphatic carbocycles. The summed E-state index contributed by atoms with van der Waals surface area (Å²) in [5.41, 5.74) is 0. The fourth-order valence-corrected chi connectivity index (χ4v) is 0.681. The van der Waals surface area contributed by atoms with E-state index in [2.05, 4.69) is 6.92 Å². The molecule has 7 heteroatoms. The zero-order chi connectivity index (χ0) is 21.7. The Morgan fingerprint density at radius 1 is 0.692 bits per heavy atom. The fraction of sp³-hybridized carbons (Fsp3) is 1.00. The molecule has 0 saturated heterocycles. The zero-order valence-corrected chi connectivity index (χ0v) is 18.3. The lowest BCUT2D eigenvalue weighted by atomic mass is 10.3. The van der Waals surface area contributed by atoms with Crippen LogP contribution < -0.4 is 0 Å². The minimum Gasteiger partial charge on any atom is -0.397 e. The first-order valence-electron chi connectivity index (χ1n) is 9.69. The van der Waals surface area contributed by atoms with Gasteiger partial charge in [0, 0.05) is 40.0 Å². The highest BCUT2D eigenvalue weighted by atomic mass is 16.8. The molecule has 26 heavy (non-hydrogen) atoms. The summed E-state index contributed by atoms with van der Waals surface area (Å²) >= 11 is 0. The zero-order valence-electron chi connectivity index (χ0n) is 18.3. The van der Waals surface area contributed by atoms with Gasteiger partial charge in [-0.3, -0.25) is 0 Å². The van der Waals surface area contributed by atoms with E-state index in [0.29, 0.717) is 32.8 Å². The molecule has 0 bridgehead atoms. The van der Waals surface area contributed by atoms with E-state index in [1.165, 1.54) is 7.11 Å². The van der Waals surface area contributed by atoms with Gasteiger partial charge in [-0.25, -0.2) is 0 Å². The van der Waals surface area contributed by atoms with Crippen LogP contribution in [-0.4, -0.2) is 71.7 Å². The van der Waals surface area contributed by atoms with Crippen molar-refractivity contribution in [2.45, 2.75) is 86.0 Å². The molecule has 0 aliphatic heterocycles. The standard InChI is InChI=1S/C8H18O3.3C3H8O.C2H6O/c1-4-6-7-11-8(9,5-2)10-3;3*1-2-3-4;1-2-3/h9H,4-7H2,1-3H3;3*4H,2-3H2,1H3;3H,2H2,1H3. The van der Waals surface area contributed by atoms with Crippen molar-refractivity contribution in [1.29, 1.82) is 0 Å². The number of hydrogen-bond acceptors (Lipinski definition) is 7. The van der Waals surface area contributed by atoms with Crippen molar-refractivity contribution in [3.63, 3.8) is 0 Å². The number of ether oxygens (including phenoxy) is 2. The third-order valence-corrected chi connectivity index (χ3v) is 2.26. The van der Waals surface area contributed by atoms with Gasteiger partial charge in [0.15, 0.2) is 0 Å². The van der Waals surface area contributed by atoms with Crippen LogP contribution in [0.5, 0.6) is 0 Å². The van der Waals surface area contributed by atoms with Crippen LogP contribution in [0, 0.1) is 0 Å². The van der Waals surface area contributed by atoms with E-state index >= 15 is 0 Å². The lowest BCUT2D eigenvalue weighted by Crippen LogP contribution is -2.33. The average molecular weight is 389 g/mol. The maximum atomic E-state index is 9.41. The van der Waals surface area contributed by atoms with Gasteiger partial charge in [0.2, 0.25) is 0 Å². The topological polar surface area (TPSA) is 120 Å². The summed E-state index contributed by atoms with van der Waals surface area (Å²) in [7, 11) is 1.44. The second-order valence-corrected chi connectivity index (χ2v) is 4.96. The molecule has 5 N–H and O–H groups in total. The third-order valence-electron chi connectivity index (χ3n) is 2.26. The predicted molar refractivity (Wildman–Crippen MR) is 108 cm³/mol. The Bertz CT molecular complexity index is 162. The highest BCUT2D eigenvalue weighted by Crippen LogP contribution is 2.12. The van der Waals surface area contributed by atoms with E-state index in [0.717, 1.165) is 32.1 Å². The molecule has 0 rings (SSSR count). The molecule has 0 amide bonds. The highest BCUT2D eigenvalue weighted by molar-refractivity contribution is 4.48. The van der Waals surface area contributed by atoms with Crippen LogP contribution in [0.1, 0.15) is 80.1 Å². The number of methoxy groups -OCH3 is 1. The van der Waals surface area contributed by atoms with Gasteiger partial charge in [-0.15, -0.1) is 0 Å². The van der Waals surface area contributed by atoms with Crippen LogP contribution in [0.15, 0.2) is 0 Å². The second-order valence-electron chi connectivity index (χ2n) is 4.96. The van der Waals surface area contributed by atoms with E-state index in [-0.39, 0.29) is 6.61 Å². The first-order chi connectivity index (χ1) is 12.3. The summed E-state index contributed by atoms with van der Waals surface area (Å²) in [6.45, 7) is 13.1. The molecule has 0 saturated carbocycles. The average Bonchev–Trinajstić information content (AvgIpc) is 2.69. The Labute approximate surface area is 162 Å². The van der Waals surface area contributed by atoms with Gasteiger partial charge in [-0.2, -0.15) is 0 Å². The molecule has 1 atom stereocenters. The molecule has 7 nitrogen and oxygen atoms in total. The molecule has 0 heterocycles. The van der Waals surface area contributed by atoms with Gasteiger partial charge in [0.05, 0.1) is 6.61 Å². The van der Waals surface area contributed by atoms with Crippen molar-refractivity contribution < 1.29 is 35.0 Å². The van der Waals surface area contributed by atoms with Gasteiger partial charge in [0.1, 0.15) is 0 Å². The molecule has 0 radical (unpaired) electrons. The first-order valence-corrected chi connectivity index (χ1v) is 9.69. The van der Waals surface area contributed by atoms with E-state index in [1.807, 2.05) is 27.7 Å². The fourth-order valence-electron chi connectivity index (χ4n) is 0.681. The minimum atomic E-state index is -1.37. The Balaban J connectivity index is -0.0000000814. The Morgan fingerprint density at radius 2 is 1.00 bits per heavy atom. The van der Waals surface area contributed by atoms with E-state index in [4.69, 9.17) is 29.9 Å². The SMILES string of the molecule is CCCCOC(O)(CC)OC.CCCO.CCCO.CCCO.CCO. The van der Waals surface area contributed by atoms with E-state index in [9.17, 15) is 5.11 Å². The second kappa shape index (κ2) is 39.7. The molecule has 0 fully saturated rings. The molecule has 0 aromatic rings. The van der Waals surface area contributed by atoms with Gasteiger partial charge in [-0.05, 0) is 32.6 Å². The Kier molecular flexibility index (Phi) is 55.9. The summed E-state index contributed by atoms with van der Waals surface area (Å²) in [5.74, 6) is -1.37. The van der Waals surface area contributed by atoms with Crippen molar-refractivity contribution >= 4 is 0 Å². The van der Waals surface area contributed by atoms with Gasteiger partial charge >= 0.3 is 0 Å². The van der Waals surface area contributed by atoms with Crippen molar-refractivity contribution in [3.05, 3.63) is 0 Å². The summed E-state index contributed by atoms with van der Waals surface area (Å²) in [6, 6.07) is 0. The van der Waals surface area contributed by atoms with Crippen LogP contribution >= 0.6 is 0 Å². The quantitative estimate of drug-likeness (QED) is 0.304. The lowest BCUT2D eigenvalue weighted by molar-refractivity contribution is -0.351. The molecule has 0 aromatic carbocycles. The monoisotopic (exact) mass is 388 g/mol. The summed E-state index contributed by atoms with van der Waals surface area (Å²) in [4.78, 5) is 0. The smallest absolute Gasteiger partial charge is 0.279 e. The largest absolute Gasteiger partial charge is 0.397 e. The normalized spacial score (nSPS) is 11.1. The summed E-state index contributed by atoms with van der Waals surface area (Å²) in [5, 5.41) is 40.6. The number of aliphatic hydroxyl groups is 5. The van der Waals surface area contributed by atoms with Crippen molar-refractivity contribution in [3.8, 4) is 0 Å². The predicted octanol–water partition coefficient (Wildman–Crippen LogP) is 2.67. The first kappa shape index (κ1) is 36.6. The molecule has 166 valence electrons. The third kappa shape index (κ3) is 56.5. The Hall–Kier alpha value is -0.280. The van der Waals surface area contributed by atoms with Crippen LogP contribution in [0.2, 0.25) is 0 Å². The van der Waals surface area contributed by atoms with Gasteiger partial charge < -0.3 is 35.0 Å². The molecule has 0 aromatic heterocycles. The number of unbranched alkanes of at least 4 members (excludes halogenated alkanes) is 1. The van der Waals surface area contributed by atoms with Crippen LogP contribution in [0.3, 0.4) is 0 Å².